The fourth-order valence-electron chi connectivity index (χ4n) is 1.97. The molecule has 0 saturated heterocycles. The van der Waals surface area contributed by atoms with E-state index >= 15 is 0 Å². The number of nitriles is 1. The topological polar surface area (TPSA) is 44.1 Å². The van der Waals surface area contributed by atoms with Crippen molar-refractivity contribution in [3.8, 4) is 6.07 Å². The van der Waals surface area contributed by atoms with Crippen LogP contribution in [0.4, 0.5) is 0 Å². The summed E-state index contributed by atoms with van der Waals surface area (Å²) in [5.74, 6) is 0.529. The van der Waals surface area contributed by atoms with E-state index in [1.807, 2.05) is 14.0 Å². The molecule has 18 heavy (non-hydrogen) atoms. The molecule has 0 fully saturated rings. The summed E-state index contributed by atoms with van der Waals surface area (Å²) in [5, 5.41) is 8.84. The summed E-state index contributed by atoms with van der Waals surface area (Å²) in [6.45, 7) is 6.34. The van der Waals surface area contributed by atoms with E-state index in [2.05, 4.69) is 19.9 Å². The van der Waals surface area contributed by atoms with Crippen molar-refractivity contribution in [3.63, 3.8) is 0 Å². The lowest BCUT2D eigenvalue weighted by molar-refractivity contribution is 0.0728. The van der Waals surface area contributed by atoms with Gasteiger partial charge in [-0.1, -0.05) is 19.9 Å². The lowest BCUT2D eigenvalue weighted by Crippen LogP contribution is -2.35. The maximum Gasteiger partial charge on any atom is 0.253 e. The molecule has 1 aromatic rings. The summed E-state index contributed by atoms with van der Waals surface area (Å²) in [7, 11) is 1.81. The van der Waals surface area contributed by atoms with Crippen LogP contribution in [0.5, 0.6) is 0 Å². The Morgan fingerprint density at radius 1 is 1.39 bits per heavy atom. The van der Waals surface area contributed by atoms with E-state index in [0.717, 1.165) is 6.42 Å². The molecule has 96 valence electrons. The maximum absolute atomic E-state index is 12.3. The first-order valence-corrected chi connectivity index (χ1v) is 6.23. The van der Waals surface area contributed by atoms with Crippen molar-refractivity contribution in [2.45, 2.75) is 33.2 Å². The minimum Gasteiger partial charge on any atom is -0.339 e. The molecule has 0 spiro atoms. The maximum atomic E-state index is 12.3. The van der Waals surface area contributed by atoms with Crippen LogP contribution in [0.25, 0.3) is 0 Å². The van der Waals surface area contributed by atoms with Crippen LogP contribution in [0.1, 0.15) is 43.1 Å². The van der Waals surface area contributed by atoms with E-state index in [0.29, 0.717) is 17.0 Å². The highest BCUT2D eigenvalue weighted by Gasteiger charge is 2.18. The van der Waals surface area contributed by atoms with Crippen LogP contribution in [0, 0.1) is 17.2 Å². The van der Waals surface area contributed by atoms with Crippen LogP contribution in [-0.2, 0) is 0 Å². The molecule has 1 aromatic carbocycles. The number of amides is 1. The predicted molar refractivity (Wildman–Crippen MR) is 72.2 cm³/mol. The molecule has 3 nitrogen and oxygen atoms in total. The van der Waals surface area contributed by atoms with Gasteiger partial charge in [-0.05, 0) is 37.5 Å². The number of benzene rings is 1. The summed E-state index contributed by atoms with van der Waals surface area (Å²) in [6.07, 6.45) is 0.972. The molecule has 0 radical (unpaired) electrons. The quantitative estimate of drug-likeness (QED) is 0.817. The molecule has 0 aliphatic heterocycles. The van der Waals surface area contributed by atoms with E-state index in [1.54, 1.807) is 29.2 Å². The minimum atomic E-state index is -0.0275. The standard InChI is InChI=1S/C15H20N2O/c1-11(2)8-12(3)17(4)15(18)14-7-5-6-13(9-14)10-16/h5-7,9,11-12H,8H2,1-4H3. The van der Waals surface area contributed by atoms with Crippen molar-refractivity contribution >= 4 is 5.91 Å². The molecule has 0 aromatic heterocycles. The van der Waals surface area contributed by atoms with Gasteiger partial charge in [-0.15, -0.1) is 0 Å². The van der Waals surface area contributed by atoms with Crippen LogP contribution in [0.3, 0.4) is 0 Å². The van der Waals surface area contributed by atoms with Crippen molar-refractivity contribution in [1.29, 1.82) is 5.26 Å². The Hall–Kier alpha value is -1.82. The lowest BCUT2D eigenvalue weighted by Gasteiger charge is -2.26. The Morgan fingerprint density at radius 2 is 2.06 bits per heavy atom. The highest BCUT2D eigenvalue weighted by Crippen LogP contribution is 2.13. The number of carbonyl (C=O) groups is 1. The third-order valence-electron chi connectivity index (χ3n) is 3.03. The number of nitrogens with zero attached hydrogens (tertiary/aromatic N) is 2. The van der Waals surface area contributed by atoms with Crippen molar-refractivity contribution in [2.24, 2.45) is 5.92 Å². The van der Waals surface area contributed by atoms with Gasteiger partial charge in [0.05, 0.1) is 11.6 Å². The Kier molecular flexibility index (Phi) is 4.91. The average molecular weight is 244 g/mol. The fourth-order valence-corrected chi connectivity index (χ4v) is 1.97. The normalized spacial score (nSPS) is 12.0. The number of rotatable bonds is 4. The zero-order chi connectivity index (χ0) is 13.7. The summed E-state index contributed by atoms with van der Waals surface area (Å²) < 4.78 is 0. The third-order valence-corrected chi connectivity index (χ3v) is 3.03. The van der Waals surface area contributed by atoms with Gasteiger partial charge in [-0.25, -0.2) is 0 Å². The Morgan fingerprint density at radius 3 is 2.61 bits per heavy atom. The van der Waals surface area contributed by atoms with E-state index in [1.165, 1.54) is 0 Å². The van der Waals surface area contributed by atoms with Crippen LogP contribution in [0.2, 0.25) is 0 Å². The first kappa shape index (κ1) is 14.2. The summed E-state index contributed by atoms with van der Waals surface area (Å²) in [4.78, 5) is 14.0. The van der Waals surface area contributed by atoms with Gasteiger partial charge < -0.3 is 4.90 Å². The Bertz CT molecular complexity index is 460. The SMILES string of the molecule is CC(C)CC(C)N(C)C(=O)c1cccc(C#N)c1. The van der Waals surface area contributed by atoms with E-state index < -0.39 is 0 Å². The predicted octanol–water partition coefficient (Wildman–Crippen LogP) is 3.06. The molecule has 1 unspecified atom stereocenters. The summed E-state index contributed by atoms with van der Waals surface area (Å²) >= 11 is 0. The number of hydrogen-bond donors (Lipinski definition) is 0. The van der Waals surface area contributed by atoms with Gasteiger partial charge in [-0.2, -0.15) is 5.26 Å². The van der Waals surface area contributed by atoms with Crippen LogP contribution < -0.4 is 0 Å². The smallest absolute Gasteiger partial charge is 0.253 e. The molecular formula is C15H20N2O. The Labute approximate surface area is 109 Å². The van der Waals surface area contributed by atoms with Crippen molar-refractivity contribution in [2.75, 3.05) is 7.05 Å². The van der Waals surface area contributed by atoms with Gasteiger partial charge in [0, 0.05) is 18.7 Å². The number of carbonyl (C=O) groups excluding carboxylic acids is 1. The van der Waals surface area contributed by atoms with Gasteiger partial charge in [0.2, 0.25) is 0 Å². The monoisotopic (exact) mass is 244 g/mol. The molecule has 0 aliphatic rings. The van der Waals surface area contributed by atoms with Gasteiger partial charge in [0.25, 0.3) is 5.91 Å². The van der Waals surface area contributed by atoms with Crippen LogP contribution >= 0.6 is 0 Å². The highest BCUT2D eigenvalue weighted by atomic mass is 16.2. The largest absolute Gasteiger partial charge is 0.339 e. The molecule has 0 saturated carbocycles. The summed E-state index contributed by atoms with van der Waals surface area (Å²) in [6, 6.07) is 9.09. The molecule has 1 rings (SSSR count). The van der Waals surface area contributed by atoms with Crippen molar-refractivity contribution in [3.05, 3.63) is 35.4 Å². The zero-order valence-electron chi connectivity index (χ0n) is 11.5. The van der Waals surface area contributed by atoms with Gasteiger partial charge >= 0.3 is 0 Å². The molecular weight excluding hydrogens is 224 g/mol. The minimum absolute atomic E-state index is 0.0275. The molecule has 1 atom stereocenters. The van der Waals surface area contributed by atoms with Gasteiger partial charge in [0.1, 0.15) is 0 Å². The second kappa shape index (κ2) is 6.20. The van der Waals surface area contributed by atoms with E-state index in [9.17, 15) is 4.79 Å². The molecule has 0 bridgehead atoms. The second-order valence-corrected chi connectivity index (χ2v) is 5.09. The molecule has 0 heterocycles. The molecule has 3 heteroatoms. The summed E-state index contributed by atoms with van der Waals surface area (Å²) in [5.41, 5.74) is 1.10. The highest BCUT2D eigenvalue weighted by molar-refractivity contribution is 5.94. The van der Waals surface area contributed by atoms with E-state index in [-0.39, 0.29) is 11.9 Å². The third kappa shape index (κ3) is 3.59. The lowest BCUT2D eigenvalue weighted by atomic mass is 10.0. The first-order chi connectivity index (χ1) is 8.45. The number of hydrogen-bond acceptors (Lipinski definition) is 2. The van der Waals surface area contributed by atoms with Gasteiger partial charge in [0.15, 0.2) is 0 Å². The Balaban J connectivity index is 2.83. The second-order valence-electron chi connectivity index (χ2n) is 5.09. The van der Waals surface area contributed by atoms with Gasteiger partial charge in [-0.3, -0.25) is 4.79 Å². The van der Waals surface area contributed by atoms with Crippen LogP contribution in [-0.4, -0.2) is 23.9 Å². The average Bonchev–Trinajstić information content (AvgIpc) is 2.36. The van der Waals surface area contributed by atoms with Crippen molar-refractivity contribution in [1.82, 2.24) is 4.90 Å². The first-order valence-electron chi connectivity index (χ1n) is 6.23. The van der Waals surface area contributed by atoms with Crippen molar-refractivity contribution < 1.29 is 4.79 Å². The van der Waals surface area contributed by atoms with E-state index in [4.69, 9.17) is 5.26 Å². The molecule has 0 aliphatic carbocycles. The zero-order valence-corrected chi connectivity index (χ0v) is 11.5. The molecule has 0 N–H and O–H groups in total. The van der Waals surface area contributed by atoms with Crippen LogP contribution in [0.15, 0.2) is 24.3 Å². The molecule has 1 amide bonds. The fraction of sp³-hybridized carbons (Fsp3) is 0.467.